The van der Waals surface area contributed by atoms with Gasteiger partial charge in [-0.3, -0.25) is 9.79 Å². The van der Waals surface area contributed by atoms with Crippen molar-refractivity contribution in [3.05, 3.63) is 100 Å². The van der Waals surface area contributed by atoms with Gasteiger partial charge in [0.25, 0.3) is 0 Å². The molecule has 3 aromatic carbocycles. The van der Waals surface area contributed by atoms with Gasteiger partial charge in [-0.15, -0.1) is 0 Å². The fourth-order valence-corrected chi connectivity index (χ4v) is 3.75. The second kappa shape index (κ2) is 7.49. The van der Waals surface area contributed by atoms with Gasteiger partial charge in [0.1, 0.15) is 0 Å². The van der Waals surface area contributed by atoms with Crippen molar-refractivity contribution >= 4 is 33.2 Å². The van der Waals surface area contributed by atoms with Gasteiger partial charge in [-0.2, -0.15) is 0 Å². The van der Waals surface area contributed by atoms with Crippen LogP contribution in [0.3, 0.4) is 0 Å². The molecule has 0 fully saturated rings. The van der Waals surface area contributed by atoms with E-state index >= 15 is 0 Å². The van der Waals surface area contributed by atoms with E-state index < -0.39 is 0 Å². The normalized spacial score (nSPS) is 17.0. The number of halogens is 1. The number of benzene rings is 3. The number of amides is 1. The SMILES string of the molecule is CN1C(=O)C[C@@H](c2ccccc2)N=C(c2ccccc2)c2cc(Br)ccc21. The Morgan fingerprint density at radius 1 is 0.963 bits per heavy atom. The molecule has 4 rings (SSSR count). The fourth-order valence-electron chi connectivity index (χ4n) is 3.39. The minimum absolute atomic E-state index is 0.0586. The molecule has 0 N–H and O–H groups in total. The van der Waals surface area contributed by atoms with Crippen molar-refractivity contribution in [3.63, 3.8) is 0 Å². The van der Waals surface area contributed by atoms with Crippen molar-refractivity contribution in [3.8, 4) is 0 Å². The predicted molar refractivity (Wildman–Crippen MR) is 113 cm³/mol. The third kappa shape index (κ3) is 3.58. The van der Waals surface area contributed by atoms with Crippen LogP contribution in [0.1, 0.15) is 29.2 Å². The van der Waals surface area contributed by atoms with Crippen molar-refractivity contribution in [2.45, 2.75) is 12.5 Å². The summed E-state index contributed by atoms with van der Waals surface area (Å²) >= 11 is 3.57. The molecule has 3 aromatic rings. The van der Waals surface area contributed by atoms with Gasteiger partial charge in [-0.05, 0) is 23.8 Å². The number of carbonyl (C=O) groups excluding carboxylic acids is 1. The second-order valence-corrected chi connectivity index (χ2v) is 7.50. The number of fused-ring (bicyclic) bond motifs is 1. The number of rotatable bonds is 2. The first kappa shape index (κ1) is 17.7. The number of nitrogens with zero attached hydrogens (tertiary/aromatic N) is 2. The van der Waals surface area contributed by atoms with Gasteiger partial charge in [0, 0.05) is 22.6 Å². The Hall–Kier alpha value is -2.72. The van der Waals surface area contributed by atoms with Crippen LogP contribution in [-0.4, -0.2) is 18.7 Å². The van der Waals surface area contributed by atoms with Crippen molar-refractivity contribution in [1.82, 2.24) is 0 Å². The maximum Gasteiger partial charge on any atom is 0.229 e. The van der Waals surface area contributed by atoms with Crippen LogP contribution in [0.25, 0.3) is 0 Å². The Morgan fingerprint density at radius 2 is 1.63 bits per heavy atom. The van der Waals surface area contributed by atoms with E-state index in [0.717, 1.165) is 32.6 Å². The lowest BCUT2D eigenvalue weighted by Gasteiger charge is -2.27. The largest absolute Gasteiger partial charge is 0.315 e. The minimum Gasteiger partial charge on any atom is -0.315 e. The number of hydrogen-bond donors (Lipinski definition) is 0. The van der Waals surface area contributed by atoms with E-state index in [4.69, 9.17) is 4.99 Å². The monoisotopic (exact) mass is 418 g/mol. The molecule has 4 heteroatoms. The quantitative estimate of drug-likeness (QED) is 0.548. The molecule has 0 aliphatic carbocycles. The van der Waals surface area contributed by atoms with E-state index in [2.05, 4.69) is 28.1 Å². The summed E-state index contributed by atoms with van der Waals surface area (Å²) in [4.78, 5) is 19.7. The van der Waals surface area contributed by atoms with Crippen molar-refractivity contribution in [2.24, 2.45) is 4.99 Å². The van der Waals surface area contributed by atoms with Gasteiger partial charge in [0.2, 0.25) is 5.91 Å². The summed E-state index contributed by atoms with van der Waals surface area (Å²) in [7, 11) is 1.84. The summed E-state index contributed by atoms with van der Waals surface area (Å²) in [6.07, 6.45) is 0.340. The lowest BCUT2D eigenvalue weighted by atomic mass is 9.96. The first-order valence-electron chi connectivity index (χ1n) is 8.88. The summed E-state index contributed by atoms with van der Waals surface area (Å²) < 4.78 is 0.961. The molecule has 0 radical (unpaired) electrons. The molecule has 3 nitrogen and oxygen atoms in total. The molecule has 0 saturated heterocycles. The van der Waals surface area contributed by atoms with Gasteiger partial charge < -0.3 is 4.90 Å². The van der Waals surface area contributed by atoms with Crippen molar-refractivity contribution in [1.29, 1.82) is 0 Å². The summed E-state index contributed by atoms with van der Waals surface area (Å²) in [6.45, 7) is 0. The Bertz CT molecular complexity index is 999. The Kier molecular flexibility index (Phi) is 4.90. The summed E-state index contributed by atoms with van der Waals surface area (Å²) in [5.74, 6) is 0.0586. The van der Waals surface area contributed by atoms with E-state index in [9.17, 15) is 4.79 Å². The molecule has 1 heterocycles. The minimum atomic E-state index is -0.219. The molecule has 0 saturated carbocycles. The van der Waals surface area contributed by atoms with Crippen LogP contribution in [-0.2, 0) is 4.79 Å². The van der Waals surface area contributed by atoms with E-state index in [-0.39, 0.29) is 11.9 Å². The van der Waals surface area contributed by atoms with Gasteiger partial charge >= 0.3 is 0 Å². The van der Waals surface area contributed by atoms with Gasteiger partial charge in [0.15, 0.2) is 0 Å². The molecular weight excluding hydrogens is 400 g/mol. The van der Waals surface area contributed by atoms with Crippen LogP contribution in [0.4, 0.5) is 5.69 Å². The smallest absolute Gasteiger partial charge is 0.229 e. The zero-order chi connectivity index (χ0) is 18.8. The average molecular weight is 419 g/mol. The lowest BCUT2D eigenvalue weighted by Crippen LogP contribution is -2.31. The first-order valence-corrected chi connectivity index (χ1v) is 9.67. The topological polar surface area (TPSA) is 32.7 Å². The number of aliphatic imine (C=N–C) groups is 1. The molecule has 0 bridgehead atoms. The molecule has 1 aliphatic heterocycles. The Balaban J connectivity index is 1.97. The third-order valence-corrected chi connectivity index (χ3v) is 5.33. The molecule has 27 heavy (non-hydrogen) atoms. The molecule has 1 atom stereocenters. The molecule has 1 amide bonds. The Morgan fingerprint density at radius 3 is 2.33 bits per heavy atom. The van der Waals surface area contributed by atoms with Crippen LogP contribution in [0, 0.1) is 0 Å². The van der Waals surface area contributed by atoms with Crippen LogP contribution in [0.2, 0.25) is 0 Å². The predicted octanol–water partition coefficient (Wildman–Crippen LogP) is 5.39. The third-order valence-electron chi connectivity index (χ3n) is 4.83. The van der Waals surface area contributed by atoms with Gasteiger partial charge in [-0.1, -0.05) is 76.6 Å². The molecular formula is C23H19BrN2O. The maximum atomic E-state index is 12.9. The number of hydrogen-bond acceptors (Lipinski definition) is 2. The van der Waals surface area contributed by atoms with Crippen molar-refractivity contribution in [2.75, 3.05) is 11.9 Å². The molecule has 134 valence electrons. The van der Waals surface area contributed by atoms with E-state index in [1.54, 1.807) is 4.90 Å². The first-order chi connectivity index (χ1) is 13.1. The van der Waals surface area contributed by atoms with Crippen LogP contribution in [0.15, 0.2) is 88.3 Å². The molecule has 0 spiro atoms. The van der Waals surface area contributed by atoms with Crippen molar-refractivity contribution < 1.29 is 4.79 Å². The number of carbonyl (C=O) groups is 1. The summed E-state index contributed by atoms with van der Waals surface area (Å²) in [5, 5.41) is 0. The highest BCUT2D eigenvalue weighted by Gasteiger charge is 2.26. The summed E-state index contributed by atoms with van der Waals surface area (Å²) in [6, 6.07) is 25.9. The van der Waals surface area contributed by atoms with Gasteiger partial charge in [0.05, 0.1) is 23.9 Å². The lowest BCUT2D eigenvalue weighted by molar-refractivity contribution is -0.118. The standard InChI is InChI=1S/C23H19BrN2O/c1-26-21-13-12-18(24)14-19(21)23(17-10-6-3-7-11-17)25-20(15-22(26)27)16-8-4-2-5-9-16/h2-14,20H,15H2,1H3/t20-/m0/s1. The van der Waals surface area contributed by atoms with E-state index in [0.29, 0.717) is 6.42 Å². The van der Waals surface area contributed by atoms with E-state index in [1.807, 2.05) is 73.8 Å². The second-order valence-electron chi connectivity index (χ2n) is 6.59. The summed E-state index contributed by atoms with van der Waals surface area (Å²) in [5.41, 5.74) is 4.82. The Labute approximate surface area is 167 Å². The zero-order valence-corrected chi connectivity index (χ0v) is 16.6. The van der Waals surface area contributed by atoms with Crippen LogP contribution in [0.5, 0.6) is 0 Å². The highest BCUT2D eigenvalue weighted by molar-refractivity contribution is 9.10. The molecule has 1 aliphatic rings. The van der Waals surface area contributed by atoms with Crippen LogP contribution < -0.4 is 4.90 Å². The zero-order valence-electron chi connectivity index (χ0n) is 15.0. The van der Waals surface area contributed by atoms with Crippen LogP contribution >= 0.6 is 15.9 Å². The molecule has 0 unspecified atom stereocenters. The highest BCUT2D eigenvalue weighted by Crippen LogP contribution is 2.33. The van der Waals surface area contributed by atoms with Gasteiger partial charge in [-0.25, -0.2) is 0 Å². The highest BCUT2D eigenvalue weighted by atomic mass is 79.9. The fraction of sp³-hybridized carbons (Fsp3) is 0.130. The molecule has 0 aromatic heterocycles. The van der Waals surface area contributed by atoms with E-state index in [1.165, 1.54) is 0 Å². The average Bonchev–Trinajstić information content (AvgIpc) is 2.71. The maximum absolute atomic E-state index is 12.9. The number of anilines is 1.